The van der Waals surface area contributed by atoms with Crippen molar-refractivity contribution in [2.75, 3.05) is 13.7 Å². The number of hydrogen-bond donors (Lipinski definition) is 3. The summed E-state index contributed by atoms with van der Waals surface area (Å²) in [5, 5.41) is 35.7. The molecule has 2 bridgehead atoms. The molecule has 6 rings (SSSR count). The summed E-state index contributed by atoms with van der Waals surface area (Å²) in [6.07, 6.45) is -2.91. The first-order valence-corrected chi connectivity index (χ1v) is 12.7. The van der Waals surface area contributed by atoms with Crippen LogP contribution in [0.4, 0.5) is 0 Å². The second kappa shape index (κ2) is 8.92. The normalized spacial score (nSPS) is 45.1. The Balaban J connectivity index is 0.00000280. The van der Waals surface area contributed by atoms with Gasteiger partial charge in [0.2, 0.25) is 0 Å². The number of esters is 1. The van der Waals surface area contributed by atoms with Crippen molar-refractivity contribution in [1.29, 1.82) is 0 Å². The first-order valence-electron chi connectivity index (χ1n) is 12.7. The molecule has 0 aromatic heterocycles. The summed E-state index contributed by atoms with van der Waals surface area (Å²) in [6, 6.07) is 8.47. The van der Waals surface area contributed by atoms with Crippen LogP contribution in [0.3, 0.4) is 0 Å². The number of ether oxygens (including phenoxy) is 3. The van der Waals surface area contributed by atoms with Gasteiger partial charge in [0.05, 0.1) is 24.4 Å². The molecule has 1 saturated heterocycles. The molecule has 1 aromatic rings. The van der Waals surface area contributed by atoms with Crippen molar-refractivity contribution in [2.45, 2.75) is 75.7 Å². The first-order chi connectivity index (χ1) is 16.9. The van der Waals surface area contributed by atoms with Crippen LogP contribution in [0, 0.1) is 66.7 Å². The van der Waals surface area contributed by atoms with Crippen molar-refractivity contribution in [3.8, 4) is 0 Å². The van der Waals surface area contributed by atoms with Gasteiger partial charge >= 0.3 is 5.97 Å². The molecule has 0 unspecified atom stereocenters. The van der Waals surface area contributed by atoms with Crippen LogP contribution >= 0.6 is 0 Å². The zero-order chi connectivity index (χ0) is 25.8. The molecule has 5 aliphatic rings. The molecule has 9 atom stereocenters. The Hall–Kier alpha value is -0.658. The average molecular weight is 726 g/mol. The predicted molar refractivity (Wildman–Crippen MR) is 127 cm³/mol. The van der Waals surface area contributed by atoms with Crippen LogP contribution in [0.5, 0.6) is 0 Å². The molecule has 1 spiro atoms. The summed E-state index contributed by atoms with van der Waals surface area (Å²) in [5.41, 5.74) is -3.96. The fourth-order valence-corrected chi connectivity index (χ4v) is 8.06. The van der Waals surface area contributed by atoms with Crippen LogP contribution in [0.25, 0.3) is 0 Å². The zero-order valence-corrected chi connectivity index (χ0v) is 26.4. The maximum absolute atomic E-state index is 14.4. The van der Waals surface area contributed by atoms with E-state index in [2.05, 4.69) is 0 Å². The number of rotatable bonds is 3. The molecule has 9 heteroatoms. The standard InChI is InChI=1S/C28H34O8.Ac/c1-14-17(29)12-28(33)23(36-24(31)15-8-6-5-7-9-15)21-26(11-16(26)10-18-27(21,32)13-35-18)22(30)20(34-4)19(14)25(28,2)3;/h5-9,16-18,20-21,23,29,32-33H,10-13H2,1-4H3;/t16-,17+,18-,20-,21+,23+,26-,27+,28-;/m1./s1. The first kappa shape index (κ1) is 27.9. The van der Waals surface area contributed by atoms with Gasteiger partial charge in [-0.2, -0.15) is 0 Å². The fourth-order valence-electron chi connectivity index (χ4n) is 8.06. The Bertz CT molecular complexity index is 1170. The molecule has 4 fully saturated rings. The van der Waals surface area contributed by atoms with E-state index in [9.17, 15) is 24.9 Å². The van der Waals surface area contributed by atoms with Crippen LogP contribution in [-0.2, 0) is 19.0 Å². The number of carbonyl (C=O) groups excluding carboxylic acids is 2. The van der Waals surface area contributed by atoms with Gasteiger partial charge in [-0.25, -0.2) is 4.79 Å². The molecular weight excluding hydrogens is 691 g/mol. The van der Waals surface area contributed by atoms with Crippen LogP contribution in [-0.4, -0.2) is 76.4 Å². The summed E-state index contributed by atoms with van der Waals surface area (Å²) in [4.78, 5) is 27.8. The molecule has 4 aliphatic carbocycles. The van der Waals surface area contributed by atoms with E-state index in [1.54, 1.807) is 51.1 Å². The van der Waals surface area contributed by atoms with Gasteiger partial charge in [-0.15, -0.1) is 0 Å². The van der Waals surface area contributed by atoms with Gasteiger partial charge < -0.3 is 29.5 Å². The Morgan fingerprint density at radius 1 is 1.14 bits per heavy atom. The van der Waals surface area contributed by atoms with Crippen molar-refractivity contribution in [3.05, 3.63) is 47.0 Å². The van der Waals surface area contributed by atoms with Crippen molar-refractivity contribution < 1.29 is 83.2 Å². The summed E-state index contributed by atoms with van der Waals surface area (Å²) >= 11 is 0. The second-order valence-electron chi connectivity index (χ2n) is 12.0. The number of methoxy groups -OCH3 is 1. The number of hydrogen-bond acceptors (Lipinski definition) is 8. The number of fused-ring (bicyclic) bond motifs is 4. The SMILES string of the molecule is CO[C@H]1C(=O)[C@]23C[C@H]2C[C@H]2OC[C@@]2(O)[C@H]3[C@H](OC(=O)c2ccccc2)[C@]2(O)C[C@H](O)C(C)=C1C2(C)C.[Ac]. The van der Waals surface area contributed by atoms with Crippen LogP contribution in [0.2, 0.25) is 0 Å². The van der Waals surface area contributed by atoms with Crippen molar-refractivity contribution in [2.24, 2.45) is 22.7 Å². The van der Waals surface area contributed by atoms with Crippen LogP contribution in [0.1, 0.15) is 50.4 Å². The Morgan fingerprint density at radius 3 is 2.41 bits per heavy atom. The molecule has 3 N–H and O–H groups in total. The number of benzene rings is 1. The van der Waals surface area contributed by atoms with E-state index in [0.29, 0.717) is 29.6 Å². The largest absolute Gasteiger partial charge is 0.455 e. The van der Waals surface area contributed by atoms with Gasteiger partial charge in [-0.05, 0) is 49.0 Å². The van der Waals surface area contributed by atoms with Gasteiger partial charge in [-0.1, -0.05) is 32.0 Å². The minimum absolute atomic E-state index is 0. The number of carbonyl (C=O) groups is 2. The van der Waals surface area contributed by atoms with E-state index < -0.39 is 58.3 Å². The van der Waals surface area contributed by atoms with E-state index in [4.69, 9.17) is 14.2 Å². The Kier molecular flexibility index (Phi) is 6.73. The average Bonchev–Trinajstić information content (AvgIpc) is 3.57. The summed E-state index contributed by atoms with van der Waals surface area (Å²) in [7, 11) is 1.46. The van der Waals surface area contributed by atoms with E-state index >= 15 is 0 Å². The third kappa shape index (κ3) is 3.47. The smallest absolute Gasteiger partial charge is 0.338 e. The molecule has 0 amide bonds. The molecular formula is C28H34AcO8. The van der Waals surface area contributed by atoms with Crippen molar-refractivity contribution in [3.63, 3.8) is 0 Å². The van der Waals surface area contributed by atoms with Crippen molar-refractivity contribution in [1.82, 2.24) is 0 Å². The molecule has 1 radical (unpaired) electrons. The molecule has 37 heavy (non-hydrogen) atoms. The number of aliphatic hydroxyl groups is 3. The third-order valence-corrected chi connectivity index (χ3v) is 10.2. The van der Waals surface area contributed by atoms with Gasteiger partial charge in [0.25, 0.3) is 0 Å². The monoisotopic (exact) mass is 725 g/mol. The number of aliphatic hydroxyl groups excluding tert-OH is 1. The van der Waals surface area contributed by atoms with E-state index in [-0.39, 0.29) is 68.8 Å². The second-order valence-corrected chi connectivity index (χ2v) is 12.0. The Morgan fingerprint density at radius 2 is 1.81 bits per heavy atom. The van der Waals surface area contributed by atoms with Gasteiger partial charge in [0.1, 0.15) is 23.4 Å². The zero-order valence-electron chi connectivity index (χ0n) is 21.6. The van der Waals surface area contributed by atoms with Crippen molar-refractivity contribution >= 4 is 11.8 Å². The molecule has 3 saturated carbocycles. The number of Topliss-reactive ketones (excluding diaryl/α,β-unsaturated/α-hetero) is 1. The molecule has 1 aromatic carbocycles. The molecule has 1 heterocycles. The molecule has 197 valence electrons. The molecule has 1 aliphatic heterocycles. The number of ketones is 1. The van der Waals surface area contributed by atoms with Gasteiger partial charge in [0.15, 0.2) is 5.78 Å². The van der Waals surface area contributed by atoms with Crippen LogP contribution in [0.15, 0.2) is 41.5 Å². The topological polar surface area (TPSA) is 123 Å². The summed E-state index contributed by atoms with van der Waals surface area (Å²) in [6.45, 7) is 5.34. The van der Waals surface area contributed by atoms with Gasteiger partial charge in [0, 0.05) is 74.3 Å². The molecule has 8 nitrogen and oxygen atoms in total. The minimum Gasteiger partial charge on any atom is -0.455 e. The van der Waals surface area contributed by atoms with Crippen LogP contribution < -0.4 is 0 Å². The maximum atomic E-state index is 14.4. The Labute approximate surface area is 252 Å². The summed E-state index contributed by atoms with van der Waals surface area (Å²) in [5.74, 6) is -1.82. The van der Waals surface area contributed by atoms with Gasteiger partial charge in [-0.3, -0.25) is 4.79 Å². The third-order valence-electron chi connectivity index (χ3n) is 10.2. The maximum Gasteiger partial charge on any atom is 0.338 e. The summed E-state index contributed by atoms with van der Waals surface area (Å²) < 4.78 is 17.7. The van der Waals surface area contributed by atoms with E-state index in [1.165, 1.54) is 7.11 Å². The van der Waals surface area contributed by atoms with E-state index in [0.717, 1.165) is 0 Å². The predicted octanol–water partition coefficient (Wildman–Crippen LogP) is 1.80. The van der Waals surface area contributed by atoms with E-state index in [1.807, 2.05) is 0 Å². The quantitative estimate of drug-likeness (QED) is 0.319. The fraction of sp³-hybridized carbons (Fsp3) is 0.643. The minimum atomic E-state index is -1.79.